The maximum Gasteiger partial charge on any atom is 0.232 e. The molecule has 1 rings (SSSR count). The summed E-state index contributed by atoms with van der Waals surface area (Å²) in [6.45, 7) is 5.03. The van der Waals surface area contributed by atoms with E-state index in [-0.39, 0.29) is 23.7 Å². The zero-order valence-corrected chi connectivity index (χ0v) is 9.04. The summed E-state index contributed by atoms with van der Waals surface area (Å²) in [5, 5.41) is 2.99. The van der Waals surface area contributed by atoms with Gasteiger partial charge in [-0.1, -0.05) is 13.8 Å². The minimum Gasteiger partial charge on any atom is -0.320 e. The monoisotopic (exact) mass is 198 g/mol. The van der Waals surface area contributed by atoms with E-state index in [9.17, 15) is 9.59 Å². The van der Waals surface area contributed by atoms with Gasteiger partial charge in [0, 0.05) is 18.4 Å². The Bertz CT molecular complexity index is 220. The topological polar surface area (TPSA) is 49.4 Å². The van der Waals surface area contributed by atoms with E-state index in [2.05, 4.69) is 5.32 Å². The van der Waals surface area contributed by atoms with Crippen LogP contribution in [0, 0.1) is 11.8 Å². The third-order valence-electron chi connectivity index (χ3n) is 2.87. The first kappa shape index (κ1) is 11.2. The van der Waals surface area contributed by atoms with Crippen molar-refractivity contribution in [1.82, 2.24) is 10.2 Å². The normalized spacial score (nSPS) is 27.5. The number of nitrogens with one attached hydrogen (secondary N) is 1. The van der Waals surface area contributed by atoms with Gasteiger partial charge >= 0.3 is 0 Å². The van der Waals surface area contributed by atoms with Crippen molar-refractivity contribution in [1.29, 1.82) is 0 Å². The Balaban J connectivity index is 2.52. The number of nitrogens with zero attached hydrogens (tertiary/aromatic N) is 1. The molecule has 0 aromatic carbocycles. The summed E-state index contributed by atoms with van der Waals surface area (Å²) >= 11 is 0. The molecule has 0 aliphatic carbocycles. The molecular weight excluding hydrogens is 180 g/mol. The Morgan fingerprint density at radius 1 is 1.21 bits per heavy atom. The fraction of sp³-hybridized carbons (Fsp3) is 0.800. The molecule has 80 valence electrons. The van der Waals surface area contributed by atoms with Crippen LogP contribution in [0.1, 0.15) is 20.3 Å². The van der Waals surface area contributed by atoms with Gasteiger partial charge in [-0.2, -0.15) is 0 Å². The maximum atomic E-state index is 11.6. The van der Waals surface area contributed by atoms with Crippen molar-refractivity contribution < 1.29 is 9.59 Å². The van der Waals surface area contributed by atoms with Crippen LogP contribution in [0.4, 0.5) is 0 Å². The van der Waals surface area contributed by atoms with Crippen LogP contribution in [0.15, 0.2) is 0 Å². The molecule has 1 N–H and O–H groups in total. The highest BCUT2D eigenvalue weighted by atomic mass is 16.2. The average molecular weight is 198 g/mol. The van der Waals surface area contributed by atoms with Crippen molar-refractivity contribution in [3.05, 3.63) is 0 Å². The van der Waals surface area contributed by atoms with Crippen LogP contribution in [0.2, 0.25) is 0 Å². The average Bonchev–Trinajstić information content (AvgIpc) is 2.35. The van der Waals surface area contributed by atoms with Crippen LogP contribution >= 0.6 is 0 Å². The fourth-order valence-electron chi connectivity index (χ4n) is 1.66. The lowest BCUT2D eigenvalue weighted by atomic mass is 10.00. The first-order valence-electron chi connectivity index (χ1n) is 5.09. The van der Waals surface area contributed by atoms with Crippen LogP contribution in [0.25, 0.3) is 0 Å². The Labute approximate surface area is 84.7 Å². The molecule has 1 heterocycles. The van der Waals surface area contributed by atoms with Gasteiger partial charge in [0.2, 0.25) is 11.8 Å². The molecular formula is C10H18N2O2. The van der Waals surface area contributed by atoms with Crippen LogP contribution in [0.3, 0.4) is 0 Å². The molecule has 0 bridgehead atoms. The summed E-state index contributed by atoms with van der Waals surface area (Å²) in [7, 11) is 1.86. The van der Waals surface area contributed by atoms with Crippen molar-refractivity contribution in [3.63, 3.8) is 0 Å². The van der Waals surface area contributed by atoms with Crippen molar-refractivity contribution in [2.45, 2.75) is 20.3 Å². The Morgan fingerprint density at radius 2 is 1.71 bits per heavy atom. The molecule has 2 unspecified atom stereocenters. The molecule has 0 aromatic heterocycles. The minimum absolute atomic E-state index is 0.0152. The highest BCUT2D eigenvalue weighted by molar-refractivity contribution is 6.04. The maximum absolute atomic E-state index is 11.6. The molecule has 0 spiro atoms. The van der Waals surface area contributed by atoms with E-state index in [1.807, 2.05) is 20.9 Å². The summed E-state index contributed by atoms with van der Waals surface area (Å²) in [6.07, 6.45) is 0.827. The summed E-state index contributed by atoms with van der Waals surface area (Å²) in [5.74, 6) is -0.314. The lowest BCUT2D eigenvalue weighted by Crippen LogP contribution is -2.33. The van der Waals surface area contributed by atoms with E-state index in [1.54, 1.807) is 0 Å². The highest BCUT2D eigenvalue weighted by Gasteiger charge is 2.41. The predicted molar refractivity (Wildman–Crippen MR) is 53.6 cm³/mol. The molecule has 1 fully saturated rings. The molecule has 4 nitrogen and oxygen atoms in total. The number of hydrogen-bond acceptors (Lipinski definition) is 3. The van der Waals surface area contributed by atoms with E-state index in [0.29, 0.717) is 6.54 Å². The van der Waals surface area contributed by atoms with Gasteiger partial charge in [-0.15, -0.1) is 0 Å². The van der Waals surface area contributed by atoms with Crippen LogP contribution < -0.4 is 5.32 Å². The third kappa shape index (κ3) is 1.95. The van der Waals surface area contributed by atoms with Crippen LogP contribution in [-0.4, -0.2) is 36.9 Å². The molecule has 1 aliphatic rings. The summed E-state index contributed by atoms with van der Waals surface area (Å²) in [6, 6.07) is 0. The summed E-state index contributed by atoms with van der Waals surface area (Å²) in [5.41, 5.74) is 0. The van der Waals surface area contributed by atoms with Crippen molar-refractivity contribution in [2.24, 2.45) is 11.8 Å². The van der Waals surface area contributed by atoms with E-state index >= 15 is 0 Å². The minimum atomic E-state index is -0.142. The van der Waals surface area contributed by atoms with Crippen LogP contribution in [-0.2, 0) is 9.59 Å². The van der Waals surface area contributed by atoms with E-state index in [0.717, 1.165) is 13.0 Å². The van der Waals surface area contributed by atoms with E-state index in [4.69, 9.17) is 0 Å². The first-order chi connectivity index (χ1) is 6.59. The third-order valence-corrected chi connectivity index (χ3v) is 2.87. The molecule has 0 radical (unpaired) electrons. The summed E-state index contributed by atoms with van der Waals surface area (Å²) in [4.78, 5) is 24.6. The number of rotatable bonds is 4. The van der Waals surface area contributed by atoms with Gasteiger partial charge in [0.15, 0.2) is 0 Å². The molecule has 1 aliphatic heterocycles. The lowest BCUT2D eigenvalue weighted by Gasteiger charge is -2.13. The highest BCUT2D eigenvalue weighted by Crippen LogP contribution is 2.25. The number of carbonyl (C=O) groups excluding carboxylic acids is 2. The number of carbonyl (C=O) groups is 2. The molecule has 4 heteroatoms. The second kappa shape index (κ2) is 4.55. The summed E-state index contributed by atoms with van der Waals surface area (Å²) < 4.78 is 0. The second-order valence-electron chi connectivity index (χ2n) is 3.86. The predicted octanol–water partition coefficient (Wildman–Crippen LogP) is 0.237. The van der Waals surface area contributed by atoms with Crippen molar-refractivity contribution in [2.75, 3.05) is 20.1 Å². The second-order valence-corrected chi connectivity index (χ2v) is 3.86. The van der Waals surface area contributed by atoms with Crippen LogP contribution in [0.5, 0.6) is 0 Å². The standard InChI is InChI=1S/C10H18N2O2/c1-7-8(2)10(14)12(9(7)13)6-4-5-11-3/h7-8,11H,4-6H2,1-3H3. The number of amides is 2. The van der Waals surface area contributed by atoms with Crippen molar-refractivity contribution in [3.8, 4) is 0 Å². The fourth-order valence-corrected chi connectivity index (χ4v) is 1.66. The zero-order chi connectivity index (χ0) is 10.7. The van der Waals surface area contributed by atoms with Crippen molar-refractivity contribution >= 4 is 11.8 Å². The Kier molecular flexibility index (Phi) is 3.63. The quantitative estimate of drug-likeness (QED) is 0.520. The molecule has 2 amide bonds. The SMILES string of the molecule is CNCCCN1C(=O)C(C)C(C)C1=O. The Morgan fingerprint density at radius 3 is 2.14 bits per heavy atom. The molecule has 0 aromatic rings. The van der Waals surface area contributed by atoms with Gasteiger partial charge in [-0.25, -0.2) is 0 Å². The number of likely N-dealkylation sites (tertiary alicyclic amines) is 1. The van der Waals surface area contributed by atoms with E-state index in [1.165, 1.54) is 4.90 Å². The van der Waals surface area contributed by atoms with E-state index < -0.39 is 0 Å². The van der Waals surface area contributed by atoms with Gasteiger partial charge in [0.05, 0.1) is 0 Å². The molecule has 14 heavy (non-hydrogen) atoms. The zero-order valence-electron chi connectivity index (χ0n) is 9.04. The largest absolute Gasteiger partial charge is 0.320 e. The van der Waals surface area contributed by atoms with Gasteiger partial charge in [0.25, 0.3) is 0 Å². The smallest absolute Gasteiger partial charge is 0.232 e. The molecule has 0 saturated carbocycles. The van der Waals surface area contributed by atoms with Gasteiger partial charge in [0.1, 0.15) is 0 Å². The Hall–Kier alpha value is -0.900. The van der Waals surface area contributed by atoms with Gasteiger partial charge < -0.3 is 5.32 Å². The lowest BCUT2D eigenvalue weighted by molar-refractivity contribution is -0.139. The van der Waals surface area contributed by atoms with Gasteiger partial charge in [-0.05, 0) is 20.0 Å². The molecule has 1 saturated heterocycles. The van der Waals surface area contributed by atoms with Gasteiger partial charge in [-0.3, -0.25) is 14.5 Å². The number of imide groups is 1. The first-order valence-corrected chi connectivity index (χ1v) is 5.09. The molecule has 2 atom stereocenters. The number of hydrogen-bond donors (Lipinski definition) is 1.